The van der Waals surface area contributed by atoms with Crippen LogP contribution in [0.2, 0.25) is 0 Å². The highest BCUT2D eigenvalue weighted by Gasteiger charge is 2.24. The van der Waals surface area contributed by atoms with Gasteiger partial charge in [0, 0.05) is 12.2 Å². The predicted octanol–water partition coefficient (Wildman–Crippen LogP) is 3.19. The third kappa shape index (κ3) is 2.97. The van der Waals surface area contributed by atoms with E-state index >= 15 is 0 Å². The first-order valence-electron chi connectivity index (χ1n) is 6.31. The molecule has 0 radical (unpaired) electrons. The van der Waals surface area contributed by atoms with Gasteiger partial charge in [-0.3, -0.25) is 0 Å². The fraction of sp³-hybridized carbons (Fsp3) is 0.571. The summed E-state index contributed by atoms with van der Waals surface area (Å²) in [5, 5.41) is 12.3. The molecular formula is C14H19N3. The summed E-state index contributed by atoms with van der Waals surface area (Å²) in [4.78, 5) is 4.26. The van der Waals surface area contributed by atoms with Crippen LogP contribution in [0, 0.1) is 23.2 Å². The molecule has 0 aromatic carbocycles. The number of nitrogens with zero attached hydrogens (tertiary/aromatic N) is 2. The molecular weight excluding hydrogens is 210 g/mol. The van der Waals surface area contributed by atoms with Gasteiger partial charge in [-0.15, -0.1) is 0 Å². The van der Waals surface area contributed by atoms with E-state index < -0.39 is 0 Å². The summed E-state index contributed by atoms with van der Waals surface area (Å²) in [6.45, 7) is 4.65. The number of rotatable bonds is 2. The van der Waals surface area contributed by atoms with Crippen LogP contribution < -0.4 is 5.32 Å². The zero-order valence-corrected chi connectivity index (χ0v) is 10.5. The molecule has 0 spiro atoms. The molecule has 1 aromatic rings. The average Bonchev–Trinajstić information content (AvgIpc) is 2.34. The minimum absolute atomic E-state index is 0.502. The predicted molar refractivity (Wildman–Crippen MR) is 68.5 cm³/mol. The van der Waals surface area contributed by atoms with Crippen LogP contribution in [0.1, 0.15) is 38.7 Å². The molecule has 3 atom stereocenters. The number of hydrogen-bond acceptors (Lipinski definition) is 3. The summed E-state index contributed by atoms with van der Waals surface area (Å²) in [6.07, 6.45) is 5.36. The van der Waals surface area contributed by atoms with Gasteiger partial charge in [-0.1, -0.05) is 13.8 Å². The quantitative estimate of drug-likeness (QED) is 0.847. The Labute approximate surface area is 103 Å². The molecule has 1 aromatic heterocycles. The second-order valence-electron chi connectivity index (χ2n) is 5.15. The number of aromatic nitrogens is 1. The molecule has 90 valence electrons. The van der Waals surface area contributed by atoms with Crippen LogP contribution in [-0.4, -0.2) is 11.0 Å². The molecule has 0 aliphatic heterocycles. The molecule has 1 N–H and O–H groups in total. The van der Waals surface area contributed by atoms with Gasteiger partial charge < -0.3 is 5.32 Å². The Morgan fingerprint density at radius 3 is 2.88 bits per heavy atom. The molecule has 3 heteroatoms. The highest BCUT2D eigenvalue weighted by Crippen LogP contribution is 2.30. The van der Waals surface area contributed by atoms with Crippen molar-refractivity contribution in [3.8, 4) is 6.07 Å². The molecule has 1 aliphatic carbocycles. The number of hydrogen-bond donors (Lipinski definition) is 1. The van der Waals surface area contributed by atoms with E-state index in [1.54, 1.807) is 12.3 Å². The van der Waals surface area contributed by atoms with Crippen molar-refractivity contribution in [2.75, 3.05) is 5.32 Å². The second-order valence-corrected chi connectivity index (χ2v) is 5.15. The summed E-state index contributed by atoms with van der Waals surface area (Å²) < 4.78 is 0. The van der Waals surface area contributed by atoms with E-state index in [0.29, 0.717) is 11.6 Å². The largest absolute Gasteiger partial charge is 0.367 e. The van der Waals surface area contributed by atoms with Crippen molar-refractivity contribution in [2.24, 2.45) is 11.8 Å². The molecule has 3 nitrogen and oxygen atoms in total. The standard InChI is InChI=1S/C14H19N3/c1-10-3-4-13(7-11(10)2)17-14-8-12(9-15)5-6-16-14/h5-6,8,10-11,13H,3-4,7H2,1-2H3,(H,16,17). The molecule has 1 heterocycles. The zero-order valence-electron chi connectivity index (χ0n) is 10.5. The van der Waals surface area contributed by atoms with Crippen molar-refractivity contribution < 1.29 is 0 Å². The van der Waals surface area contributed by atoms with Crippen molar-refractivity contribution in [3.05, 3.63) is 23.9 Å². The van der Waals surface area contributed by atoms with Crippen molar-refractivity contribution in [1.29, 1.82) is 5.26 Å². The minimum atomic E-state index is 0.502. The highest BCUT2D eigenvalue weighted by molar-refractivity contribution is 5.43. The first-order valence-corrected chi connectivity index (χ1v) is 6.31. The van der Waals surface area contributed by atoms with Crippen LogP contribution in [0.5, 0.6) is 0 Å². The maximum atomic E-state index is 8.84. The molecule has 1 saturated carbocycles. The van der Waals surface area contributed by atoms with Crippen LogP contribution in [0.3, 0.4) is 0 Å². The maximum Gasteiger partial charge on any atom is 0.127 e. The van der Waals surface area contributed by atoms with Gasteiger partial charge in [0.1, 0.15) is 5.82 Å². The smallest absolute Gasteiger partial charge is 0.127 e. The Kier molecular flexibility index (Phi) is 3.63. The van der Waals surface area contributed by atoms with Crippen LogP contribution in [-0.2, 0) is 0 Å². The van der Waals surface area contributed by atoms with Gasteiger partial charge in [0.15, 0.2) is 0 Å². The first-order chi connectivity index (χ1) is 8.19. The summed E-state index contributed by atoms with van der Waals surface area (Å²) in [5.41, 5.74) is 0.666. The van der Waals surface area contributed by atoms with Crippen molar-refractivity contribution >= 4 is 5.82 Å². The van der Waals surface area contributed by atoms with E-state index in [2.05, 4.69) is 30.2 Å². The number of nitrogens with one attached hydrogen (secondary N) is 1. The van der Waals surface area contributed by atoms with Crippen LogP contribution in [0.4, 0.5) is 5.82 Å². The Morgan fingerprint density at radius 1 is 1.35 bits per heavy atom. The lowest BCUT2D eigenvalue weighted by atomic mass is 9.79. The van der Waals surface area contributed by atoms with E-state index in [0.717, 1.165) is 17.7 Å². The van der Waals surface area contributed by atoms with Gasteiger partial charge in [-0.05, 0) is 43.2 Å². The Morgan fingerprint density at radius 2 is 2.18 bits per heavy atom. The van der Waals surface area contributed by atoms with E-state index in [1.807, 2.05) is 6.07 Å². The molecule has 0 saturated heterocycles. The van der Waals surface area contributed by atoms with Gasteiger partial charge in [0.25, 0.3) is 0 Å². The molecule has 1 aliphatic rings. The fourth-order valence-corrected chi connectivity index (χ4v) is 2.47. The van der Waals surface area contributed by atoms with Gasteiger partial charge >= 0.3 is 0 Å². The zero-order chi connectivity index (χ0) is 12.3. The SMILES string of the molecule is CC1CCC(Nc2cc(C#N)ccn2)CC1C. The van der Waals surface area contributed by atoms with Crippen molar-refractivity contribution in [2.45, 2.75) is 39.2 Å². The van der Waals surface area contributed by atoms with Gasteiger partial charge in [0.2, 0.25) is 0 Å². The van der Waals surface area contributed by atoms with Gasteiger partial charge in [-0.2, -0.15) is 5.26 Å². The number of anilines is 1. The minimum Gasteiger partial charge on any atom is -0.367 e. The van der Waals surface area contributed by atoms with Crippen molar-refractivity contribution in [3.63, 3.8) is 0 Å². The third-order valence-electron chi connectivity index (χ3n) is 3.84. The summed E-state index contributed by atoms with van der Waals surface area (Å²) in [5.74, 6) is 2.42. The normalized spacial score (nSPS) is 28.4. The Hall–Kier alpha value is -1.56. The molecule has 3 unspecified atom stereocenters. The van der Waals surface area contributed by atoms with Crippen molar-refractivity contribution in [1.82, 2.24) is 4.98 Å². The molecule has 1 fully saturated rings. The summed E-state index contributed by atoms with van der Waals surface area (Å²) in [6, 6.07) is 6.20. The molecule has 2 rings (SSSR count). The maximum absolute atomic E-state index is 8.84. The lowest BCUT2D eigenvalue weighted by Gasteiger charge is -2.32. The van der Waals surface area contributed by atoms with E-state index in [4.69, 9.17) is 5.26 Å². The fourth-order valence-electron chi connectivity index (χ4n) is 2.47. The van der Waals surface area contributed by atoms with Gasteiger partial charge in [-0.25, -0.2) is 4.98 Å². The average molecular weight is 229 g/mol. The Balaban J connectivity index is 1.99. The van der Waals surface area contributed by atoms with Crippen LogP contribution in [0.25, 0.3) is 0 Å². The summed E-state index contributed by atoms with van der Waals surface area (Å²) in [7, 11) is 0. The lowest BCUT2D eigenvalue weighted by molar-refractivity contribution is 0.260. The third-order valence-corrected chi connectivity index (χ3v) is 3.84. The second kappa shape index (κ2) is 5.18. The monoisotopic (exact) mass is 229 g/mol. The van der Waals surface area contributed by atoms with Gasteiger partial charge in [0.05, 0.1) is 11.6 Å². The molecule has 0 amide bonds. The highest BCUT2D eigenvalue weighted by atomic mass is 15.0. The lowest BCUT2D eigenvalue weighted by Crippen LogP contribution is -2.30. The number of pyridine rings is 1. The van der Waals surface area contributed by atoms with Crippen LogP contribution in [0.15, 0.2) is 18.3 Å². The summed E-state index contributed by atoms with van der Waals surface area (Å²) >= 11 is 0. The Bertz CT molecular complexity index is 422. The number of nitriles is 1. The molecule has 0 bridgehead atoms. The van der Waals surface area contributed by atoms with E-state index in [9.17, 15) is 0 Å². The van der Waals surface area contributed by atoms with E-state index in [1.165, 1.54) is 19.3 Å². The van der Waals surface area contributed by atoms with Crippen LogP contribution >= 0.6 is 0 Å². The topological polar surface area (TPSA) is 48.7 Å². The first kappa shape index (κ1) is 11.9. The van der Waals surface area contributed by atoms with E-state index in [-0.39, 0.29) is 0 Å². The molecule has 17 heavy (non-hydrogen) atoms.